The zero-order valence-corrected chi connectivity index (χ0v) is 17.8. The molecule has 1 spiro atoms. The van der Waals surface area contributed by atoms with Crippen molar-refractivity contribution in [2.45, 2.75) is 18.9 Å². The molecule has 3 N–H and O–H groups in total. The monoisotopic (exact) mass is 441 g/mol. The topological polar surface area (TPSA) is 120 Å². The molecule has 0 radical (unpaired) electrons. The molecular weight excluding hydrogens is 414 g/mol. The largest absolute Gasteiger partial charge is 0.383 e. The zero-order chi connectivity index (χ0) is 22.3. The van der Waals surface area contributed by atoms with Gasteiger partial charge < -0.3 is 15.4 Å². The van der Waals surface area contributed by atoms with E-state index in [0.29, 0.717) is 30.9 Å². The molecule has 4 heterocycles. The van der Waals surface area contributed by atoms with Crippen LogP contribution in [0.4, 0.5) is 5.69 Å². The van der Waals surface area contributed by atoms with E-state index in [4.69, 9.17) is 4.74 Å². The lowest BCUT2D eigenvalue weighted by atomic mass is 9.74. The summed E-state index contributed by atoms with van der Waals surface area (Å²) >= 11 is 0. The molecule has 0 bridgehead atoms. The quantitative estimate of drug-likeness (QED) is 0.362. The maximum atomic E-state index is 12.8. The number of likely N-dealkylation sites (tertiary alicyclic amines) is 1. The third-order valence-corrected chi connectivity index (χ3v) is 6.69. The molecule has 3 saturated heterocycles. The highest BCUT2D eigenvalue weighted by Gasteiger charge is 2.47. The van der Waals surface area contributed by atoms with E-state index < -0.39 is 23.8 Å². The van der Waals surface area contributed by atoms with Gasteiger partial charge in [-0.25, -0.2) is 0 Å². The normalized spacial score (nSPS) is 24.2. The van der Waals surface area contributed by atoms with Crippen LogP contribution in [0, 0.1) is 5.41 Å². The van der Waals surface area contributed by atoms with Gasteiger partial charge in [0.15, 0.2) is 0 Å². The maximum Gasteiger partial charge on any atom is 0.262 e. The second-order valence-corrected chi connectivity index (χ2v) is 9.06. The summed E-state index contributed by atoms with van der Waals surface area (Å²) in [6, 6.07) is 4.02. The molecule has 1 unspecified atom stereocenters. The Morgan fingerprint density at radius 2 is 1.84 bits per heavy atom. The summed E-state index contributed by atoms with van der Waals surface area (Å²) < 4.78 is 5.71. The summed E-state index contributed by atoms with van der Waals surface area (Å²) in [7, 11) is 0. The third kappa shape index (κ3) is 3.78. The molecular formula is C22H27N5O5. The predicted molar refractivity (Wildman–Crippen MR) is 114 cm³/mol. The van der Waals surface area contributed by atoms with Crippen LogP contribution in [0.25, 0.3) is 0 Å². The summed E-state index contributed by atoms with van der Waals surface area (Å²) in [5.41, 5.74) is 1.78. The minimum atomic E-state index is -0.952. The minimum absolute atomic E-state index is 0.104. The Labute approximate surface area is 185 Å². The number of carbonyl (C=O) groups excluding carboxylic acids is 4. The fourth-order valence-electron chi connectivity index (χ4n) is 4.91. The van der Waals surface area contributed by atoms with Crippen LogP contribution >= 0.6 is 0 Å². The molecule has 1 atom stereocenters. The number of fused-ring (bicyclic) bond motifs is 1. The maximum absolute atomic E-state index is 12.8. The molecule has 170 valence electrons. The van der Waals surface area contributed by atoms with Crippen molar-refractivity contribution in [1.82, 2.24) is 20.4 Å². The molecule has 0 aliphatic carbocycles. The number of hydrogen-bond acceptors (Lipinski definition) is 8. The number of benzene rings is 1. The van der Waals surface area contributed by atoms with Crippen molar-refractivity contribution in [2.75, 3.05) is 57.8 Å². The number of amides is 4. The average Bonchev–Trinajstić information content (AvgIpc) is 2.95. The van der Waals surface area contributed by atoms with Gasteiger partial charge >= 0.3 is 0 Å². The Bertz CT molecular complexity index is 967. The molecule has 32 heavy (non-hydrogen) atoms. The van der Waals surface area contributed by atoms with Crippen molar-refractivity contribution >= 4 is 29.3 Å². The molecule has 0 saturated carbocycles. The predicted octanol–water partition coefficient (Wildman–Crippen LogP) is -0.578. The summed E-state index contributed by atoms with van der Waals surface area (Å²) in [6.45, 7) is 7.30. The first-order chi connectivity index (χ1) is 15.5. The zero-order valence-electron chi connectivity index (χ0n) is 17.8. The van der Waals surface area contributed by atoms with Crippen molar-refractivity contribution < 1.29 is 23.9 Å². The van der Waals surface area contributed by atoms with Gasteiger partial charge in [0, 0.05) is 56.8 Å². The number of ether oxygens (including phenoxy) is 1. The first-order valence-corrected chi connectivity index (χ1v) is 11.1. The van der Waals surface area contributed by atoms with Gasteiger partial charge in [0.2, 0.25) is 11.8 Å². The van der Waals surface area contributed by atoms with E-state index in [1.165, 1.54) is 0 Å². The van der Waals surface area contributed by atoms with Gasteiger partial charge in [-0.05, 0) is 24.6 Å². The lowest BCUT2D eigenvalue weighted by molar-refractivity contribution is -0.136. The number of nitrogens with one attached hydrogen (secondary N) is 3. The van der Waals surface area contributed by atoms with Gasteiger partial charge in [-0.2, -0.15) is 0 Å². The fourth-order valence-corrected chi connectivity index (χ4v) is 4.91. The molecule has 10 nitrogen and oxygen atoms in total. The molecule has 4 aliphatic rings. The van der Waals surface area contributed by atoms with Gasteiger partial charge in [0.1, 0.15) is 6.04 Å². The number of imide groups is 2. The van der Waals surface area contributed by atoms with Crippen LogP contribution < -0.4 is 16.0 Å². The van der Waals surface area contributed by atoms with Crippen LogP contribution in [0.5, 0.6) is 0 Å². The van der Waals surface area contributed by atoms with E-state index in [1.807, 2.05) is 0 Å². The summed E-state index contributed by atoms with van der Waals surface area (Å²) in [6.07, 6.45) is 0.250. The number of nitrogens with zero attached hydrogens (tertiary/aromatic N) is 2. The highest BCUT2D eigenvalue weighted by molar-refractivity contribution is 6.23. The Morgan fingerprint density at radius 3 is 2.56 bits per heavy atom. The van der Waals surface area contributed by atoms with Crippen molar-refractivity contribution in [2.24, 2.45) is 5.41 Å². The molecule has 3 fully saturated rings. The Morgan fingerprint density at radius 1 is 1.06 bits per heavy atom. The first-order valence-electron chi connectivity index (χ1n) is 11.1. The number of piperidine rings is 1. The SMILES string of the molecule is O=C1CCC(N2C(=O)c3ccc(NCCOCCN4CC5(CNC5)C4)cc3C2=O)C(=O)N1. The second kappa shape index (κ2) is 8.27. The number of rotatable bonds is 8. The lowest BCUT2D eigenvalue weighted by Crippen LogP contribution is -2.71. The van der Waals surface area contributed by atoms with E-state index in [0.717, 1.165) is 37.6 Å². The van der Waals surface area contributed by atoms with Crippen LogP contribution in [-0.4, -0.2) is 92.0 Å². The van der Waals surface area contributed by atoms with E-state index in [9.17, 15) is 19.2 Å². The van der Waals surface area contributed by atoms with Crippen LogP contribution in [0.2, 0.25) is 0 Å². The van der Waals surface area contributed by atoms with Gasteiger partial charge in [-0.1, -0.05) is 0 Å². The summed E-state index contributed by atoms with van der Waals surface area (Å²) in [4.78, 5) is 52.5. The highest BCUT2D eigenvalue weighted by Crippen LogP contribution is 2.33. The number of anilines is 1. The van der Waals surface area contributed by atoms with Crippen LogP contribution in [0.3, 0.4) is 0 Å². The number of hydrogen-bond donors (Lipinski definition) is 3. The van der Waals surface area contributed by atoms with Crippen molar-refractivity contribution in [3.8, 4) is 0 Å². The fraction of sp³-hybridized carbons (Fsp3) is 0.545. The van der Waals surface area contributed by atoms with E-state index in [2.05, 4.69) is 20.9 Å². The second-order valence-electron chi connectivity index (χ2n) is 9.06. The van der Waals surface area contributed by atoms with Crippen molar-refractivity contribution in [3.63, 3.8) is 0 Å². The molecule has 10 heteroatoms. The van der Waals surface area contributed by atoms with Gasteiger partial charge in [0.05, 0.1) is 24.3 Å². The van der Waals surface area contributed by atoms with Gasteiger partial charge in [-0.3, -0.25) is 34.3 Å². The van der Waals surface area contributed by atoms with Gasteiger partial charge in [-0.15, -0.1) is 0 Å². The van der Waals surface area contributed by atoms with E-state index in [-0.39, 0.29) is 29.9 Å². The van der Waals surface area contributed by atoms with Crippen molar-refractivity contribution in [1.29, 1.82) is 0 Å². The minimum Gasteiger partial charge on any atom is -0.383 e. The molecule has 4 amide bonds. The molecule has 5 rings (SSSR count). The summed E-state index contributed by atoms with van der Waals surface area (Å²) in [5.74, 6) is -2.00. The van der Waals surface area contributed by atoms with E-state index in [1.54, 1.807) is 18.2 Å². The number of carbonyl (C=O) groups is 4. The van der Waals surface area contributed by atoms with E-state index >= 15 is 0 Å². The molecule has 0 aromatic heterocycles. The smallest absolute Gasteiger partial charge is 0.262 e. The lowest BCUT2D eigenvalue weighted by Gasteiger charge is -2.56. The molecule has 1 aromatic rings. The Balaban J connectivity index is 1.09. The molecule has 1 aromatic carbocycles. The first kappa shape index (κ1) is 21.0. The van der Waals surface area contributed by atoms with Crippen molar-refractivity contribution in [3.05, 3.63) is 29.3 Å². The molecule has 4 aliphatic heterocycles. The van der Waals surface area contributed by atoms with Crippen LogP contribution in [0.1, 0.15) is 33.6 Å². The Hall–Kier alpha value is -2.82. The highest BCUT2D eigenvalue weighted by atomic mass is 16.5. The van der Waals surface area contributed by atoms with Crippen LogP contribution in [-0.2, 0) is 14.3 Å². The summed E-state index contributed by atoms with van der Waals surface area (Å²) in [5, 5.41) is 8.74. The average molecular weight is 441 g/mol. The Kier molecular flexibility index (Phi) is 5.44. The standard InChI is InChI=1S/C22H27N5O5/c28-18-4-3-17(19(29)25-18)27-20(30)15-2-1-14(9-16(15)21(27)31)24-5-7-32-8-6-26-12-22(13-26)10-23-11-22/h1-2,9,17,23-24H,3-8,10-13H2,(H,25,28,29). The van der Waals surface area contributed by atoms with Crippen LogP contribution in [0.15, 0.2) is 18.2 Å². The van der Waals surface area contributed by atoms with Gasteiger partial charge in [0.25, 0.3) is 11.8 Å². The third-order valence-electron chi connectivity index (χ3n) is 6.69.